The highest BCUT2D eigenvalue weighted by molar-refractivity contribution is 5.92. The van der Waals surface area contributed by atoms with E-state index in [2.05, 4.69) is 32.6 Å². The summed E-state index contributed by atoms with van der Waals surface area (Å²) in [4.78, 5) is 14.9. The van der Waals surface area contributed by atoms with Crippen LogP contribution in [0.5, 0.6) is 0 Å². The Hall–Kier alpha value is -1.33. The monoisotopic (exact) mass is 322 g/mol. The normalized spacial score (nSPS) is 22.8. The number of esters is 1. The molecule has 5 heteroatoms. The third kappa shape index (κ3) is 3.45. The number of aryl methyl sites for hydroxylation is 2. The fraction of sp³-hybridized carbons (Fsp3) is 0.722. The van der Waals surface area contributed by atoms with Gasteiger partial charge in [0.05, 0.1) is 12.4 Å². The van der Waals surface area contributed by atoms with Crippen molar-refractivity contribution in [2.45, 2.75) is 84.7 Å². The van der Waals surface area contributed by atoms with Crippen molar-refractivity contribution in [1.29, 1.82) is 0 Å². The van der Waals surface area contributed by atoms with Crippen LogP contribution in [0.4, 0.5) is 0 Å². The van der Waals surface area contributed by atoms with E-state index in [1.807, 2.05) is 13.8 Å². The maximum absolute atomic E-state index is 12.5. The Balaban J connectivity index is 2.19. The SMILES string of the molecule is Cc1coc(C)c1C(=O)OC1CC(C)(C)N(C(C)N)C(C)(C)C1. The van der Waals surface area contributed by atoms with E-state index in [0.29, 0.717) is 11.3 Å². The zero-order valence-corrected chi connectivity index (χ0v) is 15.4. The number of ether oxygens (including phenoxy) is 1. The summed E-state index contributed by atoms with van der Waals surface area (Å²) in [5, 5.41) is 0. The molecule has 5 nitrogen and oxygen atoms in total. The molecule has 1 aromatic rings. The minimum absolute atomic E-state index is 0.0463. The van der Waals surface area contributed by atoms with E-state index in [9.17, 15) is 4.79 Å². The van der Waals surface area contributed by atoms with Crippen molar-refractivity contribution in [2.75, 3.05) is 0 Å². The first kappa shape index (κ1) is 18.0. The van der Waals surface area contributed by atoms with Crippen molar-refractivity contribution in [3.8, 4) is 0 Å². The topological polar surface area (TPSA) is 68.7 Å². The number of carbonyl (C=O) groups is 1. The minimum atomic E-state index is -0.292. The third-order valence-electron chi connectivity index (χ3n) is 4.80. The number of hydrogen-bond donors (Lipinski definition) is 1. The van der Waals surface area contributed by atoms with Crippen LogP contribution in [0.1, 0.15) is 69.1 Å². The van der Waals surface area contributed by atoms with Gasteiger partial charge in [-0.25, -0.2) is 4.79 Å². The number of furan rings is 1. The standard InChI is InChI=1S/C18H30N2O3/c1-11-10-22-12(2)15(11)16(21)23-14-8-17(4,5)20(13(3)19)18(6,7)9-14/h10,13-14H,8-9,19H2,1-7H3. The van der Waals surface area contributed by atoms with Crippen LogP contribution >= 0.6 is 0 Å². The molecule has 1 atom stereocenters. The fourth-order valence-corrected chi connectivity index (χ4v) is 4.48. The van der Waals surface area contributed by atoms with Gasteiger partial charge in [0.25, 0.3) is 0 Å². The molecule has 1 fully saturated rings. The molecular weight excluding hydrogens is 292 g/mol. The molecule has 0 aliphatic carbocycles. The number of carbonyl (C=O) groups excluding carboxylic acids is 1. The molecule has 2 N–H and O–H groups in total. The Morgan fingerprint density at radius 1 is 1.30 bits per heavy atom. The highest BCUT2D eigenvalue weighted by Crippen LogP contribution is 2.40. The average molecular weight is 322 g/mol. The van der Waals surface area contributed by atoms with Crippen LogP contribution in [0.3, 0.4) is 0 Å². The van der Waals surface area contributed by atoms with Crippen molar-refractivity contribution < 1.29 is 13.9 Å². The highest BCUT2D eigenvalue weighted by Gasteiger charge is 2.48. The summed E-state index contributed by atoms with van der Waals surface area (Å²) in [5.41, 5.74) is 7.28. The lowest BCUT2D eigenvalue weighted by Gasteiger charge is -2.56. The van der Waals surface area contributed by atoms with Crippen LogP contribution in [0.2, 0.25) is 0 Å². The summed E-state index contributed by atoms with van der Waals surface area (Å²) in [6.07, 6.45) is 2.95. The lowest BCUT2D eigenvalue weighted by atomic mass is 9.77. The van der Waals surface area contributed by atoms with Gasteiger partial charge in [-0.3, -0.25) is 4.90 Å². The van der Waals surface area contributed by atoms with Crippen molar-refractivity contribution in [2.24, 2.45) is 5.73 Å². The van der Waals surface area contributed by atoms with Gasteiger partial charge in [-0.1, -0.05) is 0 Å². The molecule has 1 aliphatic rings. The van der Waals surface area contributed by atoms with E-state index in [4.69, 9.17) is 14.9 Å². The predicted octanol–water partition coefficient (Wildman–Crippen LogP) is 3.38. The molecule has 23 heavy (non-hydrogen) atoms. The Kier molecular flexibility index (Phi) is 4.66. The second-order valence-corrected chi connectivity index (χ2v) is 8.02. The Bertz CT molecular complexity index is 550. The molecule has 2 rings (SSSR count). The molecule has 1 saturated heterocycles. The van der Waals surface area contributed by atoms with Crippen LogP contribution in [-0.2, 0) is 4.74 Å². The van der Waals surface area contributed by atoms with Crippen molar-refractivity contribution in [1.82, 2.24) is 4.90 Å². The predicted molar refractivity (Wildman–Crippen MR) is 90.3 cm³/mol. The average Bonchev–Trinajstić information content (AvgIpc) is 2.64. The van der Waals surface area contributed by atoms with Crippen LogP contribution in [0.15, 0.2) is 10.7 Å². The molecule has 0 saturated carbocycles. The fourth-order valence-electron chi connectivity index (χ4n) is 4.48. The van der Waals surface area contributed by atoms with Gasteiger partial charge in [0.15, 0.2) is 0 Å². The van der Waals surface area contributed by atoms with Gasteiger partial charge < -0.3 is 14.9 Å². The van der Waals surface area contributed by atoms with Crippen LogP contribution in [-0.4, -0.2) is 34.2 Å². The number of rotatable bonds is 3. The maximum Gasteiger partial charge on any atom is 0.342 e. The zero-order chi connectivity index (χ0) is 17.6. The Labute approximate surface area is 139 Å². The lowest BCUT2D eigenvalue weighted by Crippen LogP contribution is -2.66. The summed E-state index contributed by atoms with van der Waals surface area (Å²) in [6.45, 7) is 14.3. The van der Waals surface area contributed by atoms with E-state index in [1.165, 1.54) is 0 Å². The first-order valence-corrected chi connectivity index (χ1v) is 8.26. The summed E-state index contributed by atoms with van der Waals surface area (Å²) in [6, 6.07) is 0. The molecule has 1 unspecified atom stereocenters. The second kappa shape index (κ2) is 5.95. The first-order chi connectivity index (χ1) is 10.5. The number of hydrogen-bond acceptors (Lipinski definition) is 5. The van der Waals surface area contributed by atoms with E-state index >= 15 is 0 Å². The largest absolute Gasteiger partial charge is 0.468 e. The van der Waals surface area contributed by atoms with Crippen LogP contribution in [0.25, 0.3) is 0 Å². The first-order valence-electron chi connectivity index (χ1n) is 8.26. The second-order valence-electron chi connectivity index (χ2n) is 8.02. The Morgan fingerprint density at radius 2 is 1.83 bits per heavy atom. The molecule has 1 aliphatic heterocycles. The minimum Gasteiger partial charge on any atom is -0.468 e. The number of nitrogens with two attached hydrogens (primary N) is 1. The summed E-state index contributed by atoms with van der Waals surface area (Å²) >= 11 is 0. The molecule has 0 aromatic carbocycles. The molecule has 0 radical (unpaired) electrons. The van der Waals surface area contributed by atoms with Gasteiger partial charge in [-0.15, -0.1) is 0 Å². The molecular formula is C18H30N2O3. The quantitative estimate of drug-likeness (QED) is 0.864. The number of likely N-dealkylation sites (tertiary alicyclic amines) is 1. The number of piperidine rings is 1. The summed E-state index contributed by atoms with van der Waals surface area (Å²) in [5.74, 6) is 0.318. The van der Waals surface area contributed by atoms with Gasteiger partial charge in [-0.05, 0) is 48.5 Å². The van der Waals surface area contributed by atoms with E-state index in [1.54, 1.807) is 13.2 Å². The van der Waals surface area contributed by atoms with Crippen molar-refractivity contribution in [3.63, 3.8) is 0 Å². The van der Waals surface area contributed by atoms with Gasteiger partial charge in [0, 0.05) is 29.5 Å². The van der Waals surface area contributed by atoms with E-state index < -0.39 is 0 Å². The van der Waals surface area contributed by atoms with Crippen LogP contribution < -0.4 is 5.73 Å². The van der Waals surface area contributed by atoms with Crippen molar-refractivity contribution in [3.05, 3.63) is 23.2 Å². The lowest BCUT2D eigenvalue weighted by molar-refractivity contribution is -0.104. The van der Waals surface area contributed by atoms with Gasteiger partial charge >= 0.3 is 5.97 Å². The van der Waals surface area contributed by atoms with Gasteiger partial charge in [-0.2, -0.15) is 0 Å². The van der Waals surface area contributed by atoms with E-state index in [0.717, 1.165) is 18.4 Å². The molecule has 0 amide bonds. The van der Waals surface area contributed by atoms with Gasteiger partial charge in [0.2, 0.25) is 0 Å². The molecule has 0 bridgehead atoms. The highest BCUT2D eigenvalue weighted by atomic mass is 16.5. The molecule has 1 aromatic heterocycles. The Morgan fingerprint density at radius 3 is 2.22 bits per heavy atom. The van der Waals surface area contributed by atoms with E-state index in [-0.39, 0.29) is 29.3 Å². The smallest absolute Gasteiger partial charge is 0.342 e. The van der Waals surface area contributed by atoms with Crippen LogP contribution in [0, 0.1) is 13.8 Å². The van der Waals surface area contributed by atoms with Crippen molar-refractivity contribution >= 4 is 5.97 Å². The zero-order valence-electron chi connectivity index (χ0n) is 15.4. The maximum atomic E-state index is 12.5. The summed E-state index contributed by atoms with van der Waals surface area (Å²) in [7, 11) is 0. The molecule has 130 valence electrons. The number of nitrogens with zero attached hydrogens (tertiary/aromatic N) is 1. The molecule has 0 spiro atoms. The summed E-state index contributed by atoms with van der Waals surface area (Å²) < 4.78 is 11.1. The van der Waals surface area contributed by atoms with Gasteiger partial charge in [0.1, 0.15) is 17.4 Å². The third-order valence-corrected chi connectivity index (χ3v) is 4.80. The molecule has 2 heterocycles.